The average molecular weight is 285 g/mol. The van der Waals surface area contributed by atoms with E-state index in [0.29, 0.717) is 18.4 Å². The van der Waals surface area contributed by atoms with Crippen LogP contribution in [0, 0.1) is 5.82 Å². The number of halogens is 1. The lowest BCUT2D eigenvalue weighted by Gasteiger charge is -2.27. The third-order valence-corrected chi connectivity index (χ3v) is 4.12. The first-order valence-electron chi connectivity index (χ1n) is 6.12. The fourth-order valence-corrected chi connectivity index (χ4v) is 3.19. The van der Waals surface area contributed by atoms with Gasteiger partial charge in [0.1, 0.15) is 5.82 Å². The van der Waals surface area contributed by atoms with Crippen LogP contribution < -0.4 is 4.72 Å². The summed E-state index contributed by atoms with van der Waals surface area (Å²) in [6.45, 7) is 0. The van der Waals surface area contributed by atoms with Crippen LogP contribution >= 0.6 is 0 Å². The molecule has 1 aromatic carbocycles. The fraction of sp³-hybridized carbons (Fsp3) is 0.462. The van der Waals surface area contributed by atoms with Crippen LogP contribution in [0.5, 0.6) is 0 Å². The third-order valence-electron chi connectivity index (χ3n) is 3.57. The quantitative estimate of drug-likeness (QED) is 0.919. The van der Waals surface area contributed by atoms with E-state index in [1.807, 2.05) is 0 Å². The molecule has 0 saturated heterocycles. The van der Waals surface area contributed by atoms with Gasteiger partial charge in [-0.15, -0.1) is 0 Å². The average Bonchev–Trinajstić information content (AvgIpc) is 2.78. The largest absolute Gasteiger partial charge is 0.273 e. The van der Waals surface area contributed by atoms with Crippen molar-refractivity contribution in [3.63, 3.8) is 0 Å². The first kappa shape index (κ1) is 14.0. The zero-order valence-corrected chi connectivity index (χ0v) is 11.5. The second kappa shape index (κ2) is 4.92. The normalized spacial score (nSPS) is 18.2. The van der Waals surface area contributed by atoms with Gasteiger partial charge in [0.2, 0.25) is 15.9 Å². The number of hydrogen-bond donors (Lipinski definition) is 1. The maximum Gasteiger partial charge on any atom is 0.244 e. The molecular weight excluding hydrogens is 269 g/mol. The molecule has 1 fully saturated rings. The number of nitrogens with one attached hydrogen (secondary N) is 1. The van der Waals surface area contributed by atoms with Crippen molar-refractivity contribution in [1.82, 2.24) is 4.72 Å². The van der Waals surface area contributed by atoms with Crippen molar-refractivity contribution in [2.45, 2.75) is 31.1 Å². The van der Waals surface area contributed by atoms with Crippen LogP contribution in [0.25, 0.3) is 0 Å². The first-order chi connectivity index (χ1) is 8.83. The van der Waals surface area contributed by atoms with Crippen LogP contribution in [-0.2, 0) is 20.2 Å². The second-order valence-corrected chi connectivity index (χ2v) is 6.75. The summed E-state index contributed by atoms with van der Waals surface area (Å²) < 4.78 is 37.5. The van der Waals surface area contributed by atoms with Gasteiger partial charge in [0.25, 0.3) is 0 Å². The number of hydrogen-bond acceptors (Lipinski definition) is 3. The summed E-state index contributed by atoms with van der Waals surface area (Å²) in [6, 6.07) is 5.71. The molecule has 104 valence electrons. The molecule has 1 amide bonds. The smallest absolute Gasteiger partial charge is 0.244 e. The zero-order chi connectivity index (χ0) is 14.1. The number of carbonyl (C=O) groups excluding carboxylic acids is 1. The molecule has 1 aromatic rings. The van der Waals surface area contributed by atoms with Crippen LogP contribution in [0.15, 0.2) is 24.3 Å². The standard InChI is InChI=1S/C13H16FNO3S/c1-19(17,18)15-12(16)13(8-2-3-9-13)10-4-6-11(14)7-5-10/h4-7H,2-3,8-9H2,1H3,(H,15,16). The maximum atomic E-state index is 13.0. The van der Waals surface area contributed by atoms with Gasteiger partial charge >= 0.3 is 0 Å². The Morgan fingerprint density at radius 2 is 1.74 bits per heavy atom. The van der Waals surface area contributed by atoms with Crippen molar-refractivity contribution in [3.05, 3.63) is 35.6 Å². The van der Waals surface area contributed by atoms with E-state index in [0.717, 1.165) is 19.1 Å². The van der Waals surface area contributed by atoms with Crippen molar-refractivity contribution < 1.29 is 17.6 Å². The van der Waals surface area contributed by atoms with Crippen molar-refractivity contribution in [2.75, 3.05) is 6.26 Å². The van der Waals surface area contributed by atoms with E-state index >= 15 is 0 Å². The molecule has 19 heavy (non-hydrogen) atoms. The minimum absolute atomic E-state index is 0.375. The van der Waals surface area contributed by atoms with Crippen molar-refractivity contribution in [2.24, 2.45) is 0 Å². The molecule has 0 bridgehead atoms. The van der Waals surface area contributed by atoms with Crippen LogP contribution in [0.4, 0.5) is 4.39 Å². The van der Waals surface area contributed by atoms with E-state index in [1.54, 1.807) is 12.1 Å². The predicted molar refractivity (Wildman–Crippen MR) is 69.5 cm³/mol. The summed E-state index contributed by atoms with van der Waals surface area (Å²) in [5.41, 5.74) is -0.177. The van der Waals surface area contributed by atoms with Crippen LogP contribution in [0.1, 0.15) is 31.2 Å². The monoisotopic (exact) mass is 285 g/mol. The lowest BCUT2D eigenvalue weighted by atomic mass is 9.78. The summed E-state index contributed by atoms with van der Waals surface area (Å²) in [6.07, 6.45) is 3.83. The van der Waals surface area contributed by atoms with Gasteiger partial charge in [-0.3, -0.25) is 9.52 Å². The Kier molecular flexibility index (Phi) is 3.62. The molecule has 0 radical (unpaired) electrons. The van der Waals surface area contributed by atoms with E-state index in [-0.39, 0.29) is 5.82 Å². The Hall–Kier alpha value is -1.43. The summed E-state index contributed by atoms with van der Waals surface area (Å²) >= 11 is 0. The Labute approximate surface area is 112 Å². The molecule has 1 N–H and O–H groups in total. The van der Waals surface area contributed by atoms with Crippen molar-refractivity contribution >= 4 is 15.9 Å². The molecule has 0 spiro atoms. The SMILES string of the molecule is CS(=O)(=O)NC(=O)C1(c2ccc(F)cc2)CCCC1. The van der Waals surface area contributed by atoms with Gasteiger partial charge in [-0.2, -0.15) is 0 Å². The highest BCUT2D eigenvalue weighted by Gasteiger charge is 2.43. The van der Waals surface area contributed by atoms with Gasteiger partial charge in [0, 0.05) is 0 Å². The highest BCUT2D eigenvalue weighted by atomic mass is 32.2. The van der Waals surface area contributed by atoms with Crippen molar-refractivity contribution in [3.8, 4) is 0 Å². The Balaban J connectivity index is 2.38. The van der Waals surface area contributed by atoms with Gasteiger partial charge in [-0.05, 0) is 30.5 Å². The molecule has 0 aromatic heterocycles. The summed E-state index contributed by atoms with van der Waals surface area (Å²) in [4.78, 5) is 12.3. The minimum atomic E-state index is -3.59. The lowest BCUT2D eigenvalue weighted by molar-refractivity contribution is -0.124. The first-order valence-corrected chi connectivity index (χ1v) is 8.01. The molecule has 2 rings (SSSR count). The van der Waals surface area contributed by atoms with Gasteiger partial charge in [0.05, 0.1) is 11.7 Å². The Morgan fingerprint density at radius 3 is 2.21 bits per heavy atom. The highest BCUT2D eigenvalue weighted by Crippen LogP contribution is 2.41. The maximum absolute atomic E-state index is 13.0. The molecule has 0 atom stereocenters. The summed E-state index contributed by atoms with van der Waals surface area (Å²) in [5, 5.41) is 0. The van der Waals surface area contributed by atoms with Gasteiger partial charge < -0.3 is 0 Å². The number of carbonyl (C=O) groups is 1. The van der Waals surface area contributed by atoms with E-state index < -0.39 is 21.3 Å². The van der Waals surface area contributed by atoms with Crippen molar-refractivity contribution in [1.29, 1.82) is 0 Å². The molecule has 0 aliphatic heterocycles. The van der Waals surface area contributed by atoms with E-state index in [4.69, 9.17) is 0 Å². The number of benzene rings is 1. The van der Waals surface area contributed by atoms with E-state index in [2.05, 4.69) is 4.72 Å². The molecule has 1 aliphatic rings. The minimum Gasteiger partial charge on any atom is -0.273 e. The molecule has 4 nitrogen and oxygen atoms in total. The second-order valence-electron chi connectivity index (χ2n) is 5.00. The Morgan fingerprint density at radius 1 is 1.21 bits per heavy atom. The van der Waals surface area contributed by atoms with Crippen LogP contribution in [0.2, 0.25) is 0 Å². The number of sulfonamides is 1. The summed E-state index contributed by atoms with van der Waals surface area (Å²) in [7, 11) is -3.59. The number of rotatable bonds is 3. The third kappa shape index (κ3) is 2.94. The highest BCUT2D eigenvalue weighted by molar-refractivity contribution is 7.89. The molecule has 6 heteroatoms. The molecule has 1 aliphatic carbocycles. The molecule has 0 unspecified atom stereocenters. The van der Waals surface area contributed by atoms with Crippen LogP contribution in [-0.4, -0.2) is 20.6 Å². The van der Waals surface area contributed by atoms with Gasteiger partial charge in [-0.25, -0.2) is 12.8 Å². The van der Waals surface area contributed by atoms with E-state index in [1.165, 1.54) is 12.1 Å². The van der Waals surface area contributed by atoms with Crippen LogP contribution in [0.3, 0.4) is 0 Å². The summed E-state index contributed by atoms with van der Waals surface area (Å²) in [5.74, 6) is -0.889. The fourth-order valence-electron chi connectivity index (χ4n) is 2.66. The van der Waals surface area contributed by atoms with E-state index in [9.17, 15) is 17.6 Å². The van der Waals surface area contributed by atoms with Gasteiger partial charge in [0.15, 0.2) is 0 Å². The molecular formula is C13H16FNO3S. The van der Waals surface area contributed by atoms with Gasteiger partial charge in [-0.1, -0.05) is 25.0 Å². The predicted octanol–water partition coefficient (Wildman–Crippen LogP) is 1.71. The topological polar surface area (TPSA) is 63.2 Å². The Bertz CT molecular complexity index is 574. The lowest BCUT2D eigenvalue weighted by Crippen LogP contribution is -2.44. The molecule has 0 heterocycles. The zero-order valence-electron chi connectivity index (χ0n) is 10.6. The molecule has 1 saturated carbocycles. The number of amides is 1.